The normalized spacial score (nSPS) is 10.8. The second-order valence-corrected chi connectivity index (χ2v) is 5.44. The molecule has 2 aromatic rings. The Morgan fingerprint density at radius 3 is 2.08 bits per heavy atom. The van der Waals surface area contributed by atoms with Crippen LogP contribution in [0.2, 0.25) is 0 Å². The van der Waals surface area contributed by atoms with Crippen LogP contribution in [0.1, 0.15) is 29.5 Å². The molecule has 0 spiro atoms. The van der Waals surface area contributed by atoms with Crippen molar-refractivity contribution >= 4 is 0 Å². The van der Waals surface area contributed by atoms with E-state index in [1.54, 1.807) is 12.1 Å². The van der Waals surface area contributed by atoms with Crippen LogP contribution in [0.5, 0.6) is 5.75 Å². The highest BCUT2D eigenvalue weighted by atomic mass is 19.4. The molecule has 0 atom stereocenters. The molecule has 0 aromatic heterocycles. The van der Waals surface area contributed by atoms with Gasteiger partial charge in [-0.25, -0.2) is 8.78 Å². The second kappa shape index (κ2) is 8.52. The van der Waals surface area contributed by atoms with Gasteiger partial charge in [0, 0.05) is 11.1 Å². The lowest BCUT2D eigenvalue weighted by Gasteiger charge is -2.10. The summed E-state index contributed by atoms with van der Waals surface area (Å²) in [5.41, 5.74) is 1.65. The number of halogens is 5. The summed E-state index contributed by atoms with van der Waals surface area (Å²) in [6, 6.07) is 8.72. The van der Waals surface area contributed by atoms with Crippen LogP contribution in [-0.2, 0) is 6.42 Å². The highest BCUT2D eigenvalue weighted by Gasteiger charge is 2.34. The Morgan fingerprint density at radius 2 is 1.54 bits per heavy atom. The first-order valence-electron chi connectivity index (χ1n) is 7.75. The minimum atomic E-state index is -5.18. The molecule has 0 N–H and O–H groups in total. The Kier molecular flexibility index (Phi) is 6.40. The number of unbranched alkanes of at least 4 members (excludes halogenated alkanes) is 1. The first kappa shape index (κ1) is 19.5. The molecule has 0 aliphatic rings. The third-order valence-corrected chi connectivity index (χ3v) is 3.39. The molecule has 6 heteroatoms. The van der Waals surface area contributed by atoms with Gasteiger partial charge in [0.25, 0.3) is 0 Å². The van der Waals surface area contributed by atoms with Gasteiger partial charge in [0.05, 0.1) is 0 Å². The number of hydrogen-bond acceptors (Lipinski definition) is 1. The Balaban J connectivity index is 2.13. The van der Waals surface area contributed by atoms with Gasteiger partial charge in [-0.2, -0.15) is 0 Å². The van der Waals surface area contributed by atoms with Crippen molar-refractivity contribution in [2.45, 2.75) is 25.6 Å². The largest absolute Gasteiger partial charge is 0.573 e. The number of rotatable bonds is 5. The van der Waals surface area contributed by atoms with Crippen molar-refractivity contribution in [2.75, 3.05) is 0 Å². The standard InChI is InChI=1S/C20H15F5O/c1-2-3-4-5-14-6-8-15(9-7-14)10-11-16-12-17(21)19(18(22)13-16)26-20(23,24)25/h2,6-9,12-13H,1,3-5H2. The topological polar surface area (TPSA) is 9.23 Å². The summed E-state index contributed by atoms with van der Waals surface area (Å²) in [6.07, 6.45) is -0.519. The maximum atomic E-state index is 13.6. The van der Waals surface area contributed by atoms with E-state index >= 15 is 0 Å². The van der Waals surface area contributed by atoms with Crippen LogP contribution < -0.4 is 4.74 Å². The van der Waals surface area contributed by atoms with E-state index in [2.05, 4.69) is 23.2 Å². The van der Waals surface area contributed by atoms with Crippen molar-refractivity contribution in [1.29, 1.82) is 0 Å². The third kappa shape index (κ3) is 5.92. The molecule has 2 aromatic carbocycles. The molecule has 0 saturated carbocycles. The van der Waals surface area contributed by atoms with Crippen molar-refractivity contribution in [3.8, 4) is 17.6 Å². The smallest absolute Gasteiger partial charge is 0.399 e. The zero-order valence-electron chi connectivity index (χ0n) is 13.7. The highest BCUT2D eigenvalue weighted by Crippen LogP contribution is 2.29. The molecule has 0 unspecified atom stereocenters. The van der Waals surface area contributed by atoms with E-state index < -0.39 is 23.7 Å². The minimum absolute atomic E-state index is 0.0930. The van der Waals surface area contributed by atoms with Gasteiger partial charge in [0.2, 0.25) is 5.75 Å². The van der Waals surface area contributed by atoms with E-state index in [1.165, 1.54) is 0 Å². The number of allylic oxidation sites excluding steroid dienone is 1. The number of benzene rings is 2. The van der Waals surface area contributed by atoms with Gasteiger partial charge in [-0.15, -0.1) is 19.8 Å². The van der Waals surface area contributed by atoms with Crippen LogP contribution in [0.3, 0.4) is 0 Å². The summed E-state index contributed by atoms with van der Waals surface area (Å²) in [5, 5.41) is 0. The average Bonchev–Trinajstić information content (AvgIpc) is 2.57. The molecule has 0 aliphatic heterocycles. The summed E-state index contributed by atoms with van der Waals surface area (Å²) in [5.74, 6) is 0.809. The van der Waals surface area contributed by atoms with Crippen LogP contribution in [0.15, 0.2) is 49.1 Å². The minimum Gasteiger partial charge on any atom is -0.399 e. The molecule has 1 nitrogen and oxygen atoms in total. The predicted molar refractivity (Wildman–Crippen MR) is 88.6 cm³/mol. The SMILES string of the molecule is C=CCCCc1ccc(C#Cc2cc(F)c(OC(F)(F)F)c(F)c2)cc1. The molecule has 0 fully saturated rings. The first-order valence-corrected chi connectivity index (χ1v) is 7.75. The van der Waals surface area contributed by atoms with Crippen molar-refractivity contribution < 1.29 is 26.7 Å². The highest BCUT2D eigenvalue weighted by molar-refractivity contribution is 5.45. The Labute approximate surface area is 148 Å². The van der Waals surface area contributed by atoms with Gasteiger partial charge in [0.15, 0.2) is 11.6 Å². The molecular formula is C20H15F5O. The lowest BCUT2D eigenvalue weighted by Crippen LogP contribution is -2.19. The molecule has 26 heavy (non-hydrogen) atoms. The van der Waals surface area contributed by atoms with E-state index in [9.17, 15) is 22.0 Å². The Bertz CT molecular complexity index is 803. The molecule has 0 heterocycles. The number of alkyl halides is 3. The fraction of sp³-hybridized carbons (Fsp3) is 0.200. The molecule has 0 radical (unpaired) electrons. The van der Waals surface area contributed by atoms with Crippen LogP contribution in [0.4, 0.5) is 22.0 Å². The van der Waals surface area contributed by atoms with Gasteiger partial charge in [-0.3, -0.25) is 0 Å². The Hall–Kier alpha value is -2.81. The molecule has 0 saturated heterocycles. The van der Waals surface area contributed by atoms with E-state index in [0.29, 0.717) is 17.7 Å². The molecule has 0 amide bonds. The van der Waals surface area contributed by atoms with Gasteiger partial charge in [-0.05, 0) is 49.1 Å². The lowest BCUT2D eigenvalue weighted by atomic mass is 10.1. The molecular weight excluding hydrogens is 351 g/mol. The van der Waals surface area contributed by atoms with Crippen molar-refractivity contribution in [2.24, 2.45) is 0 Å². The summed E-state index contributed by atoms with van der Waals surface area (Å²) in [4.78, 5) is 0. The zero-order chi connectivity index (χ0) is 19.2. The van der Waals surface area contributed by atoms with E-state index in [4.69, 9.17) is 0 Å². The van der Waals surface area contributed by atoms with Gasteiger partial charge >= 0.3 is 6.36 Å². The molecule has 0 bridgehead atoms. The maximum Gasteiger partial charge on any atom is 0.573 e. The predicted octanol–water partition coefficient (Wildman–Crippen LogP) is 5.77. The van der Waals surface area contributed by atoms with Crippen LogP contribution in [0.25, 0.3) is 0 Å². The molecule has 2 rings (SSSR count). The quantitative estimate of drug-likeness (QED) is 0.282. The average molecular weight is 366 g/mol. The van der Waals surface area contributed by atoms with Crippen LogP contribution in [-0.4, -0.2) is 6.36 Å². The first-order chi connectivity index (χ1) is 12.3. The summed E-state index contributed by atoms with van der Waals surface area (Å²) in [6.45, 7) is 3.66. The van der Waals surface area contributed by atoms with Crippen molar-refractivity contribution in [1.82, 2.24) is 0 Å². The Morgan fingerprint density at radius 1 is 0.962 bits per heavy atom. The fourth-order valence-electron chi connectivity index (χ4n) is 2.19. The molecule has 136 valence electrons. The molecule has 0 aliphatic carbocycles. The monoisotopic (exact) mass is 366 g/mol. The van der Waals surface area contributed by atoms with E-state index in [1.807, 2.05) is 18.2 Å². The van der Waals surface area contributed by atoms with Crippen LogP contribution in [0, 0.1) is 23.5 Å². The number of aryl methyl sites for hydroxylation is 1. The van der Waals surface area contributed by atoms with Gasteiger partial charge in [-0.1, -0.05) is 30.0 Å². The van der Waals surface area contributed by atoms with E-state index in [0.717, 1.165) is 24.8 Å². The number of ether oxygens (including phenoxy) is 1. The number of hydrogen-bond donors (Lipinski definition) is 0. The fourth-order valence-corrected chi connectivity index (χ4v) is 2.19. The second-order valence-electron chi connectivity index (χ2n) is 5.44. The van der Waals surface area contributed by atoms with Gasteiger partial charge in [0.1, 0.15) is 0 Å². The zero-order valence-corrected chi connectivity index (χ0v) is 13.7. The van der Waals surface area contributed by atoms with E-state index in [-0.39, 0.29) is 5.56 Å². The van der Waals surface area contributed by atoms with Gasteiger partial charge < -0.3 is 4.74 Å². The summed E-state index contributed by atoms with van der Waals surface area (Å²) < 4.78 is 66.9. The van der Waals surface area contributed by atoms with Crippen LogP contribution >= 0.6 is 0 Å². The lowest BCUT2D eigenvalue weighted by molar-refractivity contribution is -0.276. The maximum absolute atomic E-state index is 13.6. The third-order valence-electron chi connectivity index (χ3n) is 3.39. The summed E-state index contributed by atoms with van der Waals surface area (Å²) in [7, 11) is 0. The summed E-state index contributed by atoms with van der Waals surface area (Å²) >= 11 is 0. The van der Waals surface area contributed by atoms with Crippen molar-refractivity contribution in [3.63, 3.8) is 0 Å². The van der Waals surface area contributed by atoms with Crippen molar-refractivity contribution in [3.05, 3.63) is 77.4 Å².